The van der Waals surface area contributed by atoms with Crippen molar-refractivity contribution in [2.45, 2.75) is 31.8 Å². The van der Waals surface area contributed by atoms with Crippen LogP contribution in [0.2, 0.25) is 0 Å². The topological polar surface area (TPSA) is 73.1 Å². The quantitative estimate of drug-likeness (QED) is 0.668. The van der Waals surface area contributed by atoms with Gasteiger partial charge in [-0.25, -0.2) is 15.8 Å². The van der Waals surface area contributed by atoms with Crippen LogP contribution in [0, 0.1) is 0 Å². The first-order valence-corrected chi connectivity index (χ1v) is 7.40. The number of fused-ring (bicyclic) bond motifs is 1. The largest absolute Gasteiger partial charge is 0.376 e. The van der Waals surface area contributed by atoms with Crippen LogP contribution in [0.1, 0.15) is 35.6 Å². The Morgan fingerprint density at radius 2 is 2.05 bits per heavy atom. The van der Waals surface area contributed by atoms with Crippen LogP contribution in [0.3, 0.4) is 0 Å². The Morgan fingerprint density at radius 3 is 2.86 bits per heavy atom. The van der Waals surface area contributed by atoms with Gasteiger partial charge in [-0.3, -0.25) is 0 Å². The lowest BCUT2D eigenvalue weighted by molar-refractivity contribution is 0.109. The highest BCUT2D eigenvalue weighted by molar-refractivity contribution is 5.65. The number of nitrogen functional groups attached to an aromatic ring is 1. The molecule has 1 aromatic heterocycles. The Balaban J connectivity index is 1.85. The first-order chi connectivity index (χ1) is 10.4. The lowest BCUT2D eigenvalue weighted by Crippen LogP contribution is -2.19. The highest BCUT2D eigenvalue weighted by Gasteiger charge is 2.27. The molecule has 108 valence electrons. The molecule has 0 bridgehead atoms. The van der Waals surface area contributed by atoms with Gasteiger partial charge in [0.1, 0.15) is 5.82 Å². The van der Waals surface area contributed by atoms with Crippen molar-refractivity contribution >= 4 is 5.82 Å². The Kier molecular flexibility index (Phi) is 3.09. The summed E-state index contributed by atoms with van der Waals surface area (Å²) < 4.78 is 5.48. The zero-order chi connectivity index (χ0) is 14.2. The summed E-state index contributed by atoms with van der Waals surface area (Å²) in [5.41, 5.74) is 7.21. The molecule has 0 saturated heterocycles. The Bertz CT molecular complexity index is 665. The number of aromatic nitrogens is 2. The van der Waals surface area contributed by atoms with E-state index in [2.05, 4.69) is 28.6 Å². The molecule has 21 heavy (non-hydrogen) atoms. The summed E-state index contributed by atoms with van der Waals surface area (Å²) in [5, 5.41) is 0. The molecular formula is C16H18N4O. The van der Waals surface area contributed by atoms with Gasteiger partial charge in [-0.15, -0.1) is 0 Å². The SMILES string of the molecule is NNc1nc(-c2ccccc2C2CC2)nc2c1COCC2. The molecular weight excluding hydrogens is 264 g/mol. The minimum absolute atomic E-state index is 0.527. The summed E-state index contributed by atoms with van der Waals surface area (Å²) in [6, 6.07) is 8.43. The number of nitrogens with two attached hydrogens (primary N) is 1. The first kappa shape index (κ1) is 12.7. The molecule has 5 nitrogen and oxygen atoms in total. The fourth-order valence-electron chi connectivity index (χ4n) is 2.92. The van der Waals surface area contributed by atoms with Crippen molar-refractivity contribution in [3.05, 3.63) is 41.1 Å². The lowest BCUT2D eigenvalue weighted by atomic mass is 10.0. The minimum atomic E-state index is 0.527. The highest BCUT2D eigenvalue weighted by atomic mass is 16.5. The van der Waals surface area contributed by atoms with Gasteiger partial charge >= 0.3 is 0 Å². The van der Waals surface area contributed by atoms with E-state index in [-0.39, 0.29) is 0 Å². The number of anilines is 1. The number of rotatable bonds is 3. The molecule has 4 rings (SSSR count). The van der Waals surface area contributed by atoms with Gasteiger partial charge < -0.3 is 10.2 Å². The van der Waals surface area contributed by atoms with Crippen molar-refractivity contribution in [2.24, 2.45) is 5.84 Å². The molecule has 2 aromatic rings. The number of hydrogen-bond donors (Lipinski definition) is 2. The monoisotopic (exact) mass is 282 g/mol. The summed E-state index contributed by atoms with van der Waals surface area (Å²) in [4.78, 5) is 9.39. The van der Waals surface area contributed by atoms with Crippen LogP contribution in [0.15, 0.2) is 24.3 Å². The van der Waals surface area contributed by atoms with E-state index < -0.39 is 0 Å². The van der Waals surface area contributed by atoms with Crippen LogP contribution in [0.25, 0.3) is 11.4 Å². The highest BCUT2D eigenvalue weighted by Crippen LogP contribution is 2.44. The molecule has 5 heteroatoms. The van der Waals surface area contributed by atoms with Crippen molar-refractivity contribution < 1.29 is 4.74 Å². The molecule has 1 aromatic carbocycles. The van der Waals surface area contributed by atoms with E-state index in [1.54, 1.807) is 0 Å². The summed E-state index contributed by atoms with van der Waals surface area (Å²) >= 11 is 0. The fourth-order valence-corrected chi connectivity index (χ4v) is 2.92. The molecule has 1 fully saturated rings. The molecule has 0 unspecified atom stereocenters. The van der Waals surface area contributed by atoms with E-state index in [0.717, 1.165) is 29.1 Å². The zero-order valence-electron chi connectivity index (χ0n) is 11.8. The molecule has 0 amide bonds. The Morgan fingerprint density at radius 1 is 1.19 bits per heavy atom. The van der Waals surface area contributed by atoms with Crippen molar-refractivity contribution in [2.75, 3.05) is 12.0 Å². The number of hydrazine groups is 1. The van der Waals surface area contributed by atoms with Crippen LogP contribution in [0.4, 0.5) is 5.82 Å². The van der Waals surface area contributed by atoms with Crippen LogP contribution >= 0.6 is 0 Å². The average molecular weight is 282 g/mol. The first-order valence-electron chi connectivity index (χ1n) is 7.40. The second-order valence-corrected chi connectivity index (χ2v) is 5.63. The maximum atomic E-state index is 5.64. The smallest absolute Gasteiger partial charge is 0.162 e. The van der Waals surface area contributed by atoms with E-state index in [9.17, 15) is 0 Å². The maximum Gasteiger partial charge on any atom is 0.162 e. The third-order valence-corrected chi connectivity index (χ3v) is 4.18. The van der Waals surface area contributed by atoms with Gasteiger partial charge in [0, 0.05) is 17.5 Å². The van der Waals surface area contributed by atoms with Crippen LogP contribution < -0.4 is 11.3 Å². The molecule has 1 aliphatic carbocycles. The number of benzene rings is 1. The van der Waals surface area contributed by atoms with Gasteiger partial charge in [0.2, 0.25) is 0 Å². The molecule has 1 aliphatic heterocycles. The normalized spacial score (nSPS) is 17.4. The molecule has 0 spiro atoms. The standard InChI is InChI=1S/C16H18N4O/c17-20-16-13-9-21-8-7-14(13)18-15(19-16)12-4-2-1-3-11(12)10-5-6-10/h1-4,10H,5-9,17H2,(H,18,19,20). The van der Waals surface area contributed by atoms with E-state index in [1.165, 1.54) is 18.4 Å². The lowest BCUT2D eigenvalue weighted by Gasteiger charge is -2.19. The Labute approximate surface area is 123 Å². The molecule has 1 saturated carbocycles. The van der Waals surface area contributed by atoms with E-state index >= 15 is 0 Å². The average Bonchev–Trinajstić information content (AvgIpc) is 3.38. The summed E-state index contributed by atoms with van der Waals surface area (Å²) in [6.07, 6.45) is 3.33. The van der Waals surface area contributed by atoms with Gasteiger partial charge in [0.15, 0.2) is 5.82 Å². The second kappa shape index (κ2) is 5.09. The van der Waals surface area contributed by atoms with Gasteiger partial charge in [-0.05, 0) is 24.3 Å². The number of nitrogens with one attached hydrogen (secondary N) is 1. The van der Waals surface area contributed by atoms with Gasteiger partial charge in [-0.2, -0.15) is 0 Å². The van der Waals surface area contributed by atoms with E-state index in [1.807, 2.05) is 6.07 Å². The second-order valence-electron chi connectivity index (χ2n) is 5.63. The molecule has 2 aliphatic rings. The third kappa shape index (κ3) is 2.28. The van der Waals surface area contributed by atoms with Crippen molar-refractivity contribution in [1.82, 2.24) is 9.97 Å². The van der Waals surface area contributed by atoms with Gasteiger partial charge in [-0.1, -0.05) is 24.3 Å². The Hall–Kier alpha value is -1.98. The van der Waals surface area contributed by atoms with Crippen molar-refractivity contribution in [1.29, 1.82) is 0 Å². The third-order valence-electron chi connectivity index (χ3n) is 4.18. The fraction of sp³-hybridized carbons (Fsp3) is 0.375. The number of ether oxygens (including phenoxy) is 1. The van der Waals surface area contributed by atoms with Gasteiger partial charge in [0.25, 0.3) is 0 Å². The summed E-state index contributed by atoms with van der Waals surface area (Å²) in [7, 11) is 0. The van der Waals surface area contributed by atoms with Crippen LogP contribution in [0.5, 0.6) is 0 Å². The van der Waals surface area contributed by atoms with E-state index in [4.69, 9.17) is 15.6 Å². The minimum Gasteiger partial charge on any atom is -0.376 e. The summed E-state index contributed by atoms with van der Waals surface area (Å²) in [5.74, 6) is 7.75. The number of hydrogen-bond acceptors (Lipinski definition) is 5. The molecule has 0 atom stereocenters. The summed E-state index contributed by atoms with van der Waals surface area (Å²) in [6.45, 7) is 1.23. The molecule has 2 heterocycles. The predicted molar refractivity (Wildman–Crippen MR) is 80.6 cm³/mol. The van der Waals surface area contributed by atoms with Crippen LogP contribution in [-0.2, 0) is 17.8 Å². The van der Waals surface area contributed by atoms with E-state index in [0.29, 0.717) is 24.9 Å². The predicted octanol–water partition coefficient (Wildman–Crippen LogP) is 2.38. The van der Waals surface area contributed by atoms with Crippen molar-refractivity contribution in [3.63, 3.8) is 0 Å². The van der Waals surface area contributed by atoms with Crippen molar-refractivity contribution in [3.8, 4) is 11.4 Å². The van der Waals surface area contributed by atoms with Crippen LogP contribution in [-0.4, -0.2) is 16.6 Å². The maximum absolute atomic E-state index is 5.64. The number of nitrogens with zero attached hydrogens (tertiary/aromatic N) is 2. The molecule has 0 radical (unpaired) electrons. The zero-order valence-corrected chi connectivity index (χ0v) is 11.8. The molecule has 3 N–H and O–H groups in total. The van der Waals surface area contributed by atoms with Gasteiger partial charge in [0.05, 0.1) is 18.9 Å².